The maximum Gasteiger partial charge on any atom is 0.130 e. The van der Waals surface area contributed by atoms with E-state index in [0.717, 1.165) is 12.7 Å². The van der Waals surface area contributed by atoms with Crippen LogP contribution in [0, 0.1) is 23.2 Å². The van der Waals surface area contributed by atoms with E-state index >= 15 is 0 Å². The minimum Gasteiger partial charge on any atom is -0.302 e. The molecule has 17 heavy (non-hydrogen) atoms. The van der Waals surface area contributed by atoms with Crippen LogP contribution >= 0.6 is 0 Å². The third kappa shape index (κ3) is 2.88. The van der Waals surface area contributed by atoms with Crippen molar-refractivity contribution in [1.82, 2.24) is 0 Å². The largest absolute Gasteiger partial charge is 0.302 e. The second-order valence-electron chi connectivity index (χ2n) is 6.23. The third-order valence-electron chi connectivity index (χ3n) is 4.00. The SMILES string of the molecule is CC(C)C1=CC(C=O)(C(C)C)CC(C(C)C)=C1. The first kappa shape index (κ1) is 14.2. The summed E-state index contributed by atoms with van der Waals surface area (Å²) in [5, 5.41) is 0. The molecule has 1 nitrogen and oxygen atoms in total. The van der Waals surface area contributed by atoms with Crippen LogP contribution in [0.1, 0.15) is 48.0 Å². The van der Waals surface area contributed by atoms with Crippen molar-refractivity contribution < 1.29 is 4.79 Å². The van der Waals surface area contributed by atoms with Crippen molar-refractivity contribution in [2.45, 2.75) is 48.0 Å². The maximum absolute atomic E-state index is 11.6. The Labute approximate surface area is 106 Å². The molecule has 0 saturated carbocycles. The highest BCUT2D eigenvalue weighted by Crippen LogP contribution is 2.42. The van der Waals surface area contributed by atoms with Gasteiger partial charge in [-0.15, -0.1) is 0 Å². The molecule has 1 heteroatoms. The van der Waals surface area contributed by atoms with Gasteiger partial charge in [0.25, 0.3) is 0 Å². The van der Waals surface area contributed by atoms with Crippen LogP contribution in [0.15, 0.2) is 23.3 Å². The predicted octanol–water partition coefficient (Wildman–Crippen LogP) is 4.40. The molecule has 0 spiro atoms. The maximum atomic E-state index is 11.6. The molecule has 96 valence electrons. The van der Waals surface area contributed by atoms with Crippen LogP contribution in [-0.4, -0.2) is 6.29 Å². The molecule has 1 aliphatic rings. The molecule has 0 amide bonds. The van der Waals surface area contributed by atoms with Crippen LogP contribution in [0.3, 0.4) is 0 Å². The van der Waals surface area contributed by atoms with Gasteiger partial charge in [0.2, 0.25) is 0 Å². The van der Waals surface area contributed by atoms with E-state index in [-0.39, 0.29) is 5.41 Å². The second-order valence-corrected chi connectivity index (χ2v) is 6.23. The van der Waals surface area contributed by atoms with Crippen molar-refractivity contribution in [3.8, 4) is 0 Å². The summed E-state index contributed by atoms with van der Waals surface area (Å²) in [5.74, 6) is 1.37. The fourth-order valence-electron chi connectivity index (χ4n) is 2.31. The zero-order chi connectivity index (χ0) is 13.2. The van der Waals surface area contributed by atoms with Gasteiger partial charge in [-0.1, -0.05) is 59.3 Å². The molecule has 0 bridgehead atoms. The Balaban J connectivity index is 3.22. The lowest BCUT2D eigenvalue weighted by molar-refractivity contribution is -0.115. The minimum absolute atomic E-state index is 0.284. The fraction of sp³-hybridized carbons (Fsp3) is 0.688. The summed E-state index contributed by atoms with van der Waals surface area (Å²) >= 11 is 0. The van der Waals surface area contributed by atoms with Crippen molar-refractivity contribution in [1.29, 1.82) is 0 Å². The highest BCUT2D eigenvalue weighted by Gasteiger charge is 2.35. The summed E-state index contributed by atoms with van der Waals surface area (Å²) in [4.78, 5) is 11.6. The van der Waals surface area contributed by atoms with Gasteiger partial charge in [0, 0.05) is 0 Å². The van der Waals surface area contributed by atoms with Crippen LogP contribution in [-0.2, 0) is 4.79 Å². The highest BCUT2D eigenvalue weighted by molar-refractivity contribution is 5.66. The molecule has 1 unspecified atom stereocenters. The van der Waals surface area contributed by atoms with E-state index in [9.17, 15) is 4.79 Å². The summed E-state index contributed by atoms with van der Waals surface area (Å²) in [7, 11) is 0. The Kier molecular flexibility index (Phi) is 4.35. The first-order chi connectivity index (χ1) is 7.82. The van der Waals surface area contributed by atoms with Crippen LogP contribution in [0.25, 0.3) is 0 Å². The molecule has 0 fully saturated rings. The summed E-state index contributed by atoms with van der Waals surface area (Å²) in [6, 6.07) is 0. The molecule has 0 heterocycles. The lowest BCUT2D eigenvalue weighted by Crippen LogP contribution is -2.31. The van der Waals surface area contributed by atoms with E-state index in [1.807, 2.05) is 0 Å². The molecular formula is C16H26O. The number of allylic oxidation sites excluding steroid dienone is 4. The molecule has 0 aromatic carbocycles. The topological polar surface area (TPSA) is 17.1 Å². The lowest BCUT2D eigenvalue weighted by Gasteiger charge is -2.36. The normalized spacial score (nSPS) is 25.2. The summed E-state index contributed by atoms with van der Waals surface area (Å²) < 4.78 is 0. The van der Waals surface area contributed by atoms with Crippen molar-refractivity contribution >= 4 is 6.29 Å². The molecule has 0 aliphatic heterocycles. The summed E-state index contributed by atoms with van der Waals surface area (Å²) in [6.07, 6.45) is 6.57. The average Bonchev–Trinajstić information content (AvgIpc) is 2.27. The van der Waals surface area contributed by atoms with Gasteiger partial charge in [-0.25, -0.2) is 0 Å². The van der Waals surface area contributed by atoms with Gasteiger partial charge >= 0.3 is 0 Å². The molecule has 1 atom stereocenters. The second kappa shape index (κ2) is 5.20. The molecule has 0 N–H and O–H groups in total. The van der Waals surface area contributed by atoms with E-state index in [2.05, 4.69) is 53.7 Å². The Morgan fingerprint density at radius 3 is 2.06 bits per heavy atom. The van der Waals surface area contributed by atoms with Gasteiger partial charge in [-0.05, 0) is 29.7 Å². The van der Waals surface area contributed by atoms with E-state index in [4.69, 9.17) is 0 Å². The minimum atomic E-state index is -0.284. The Hall–Kier alpha value is -0.850. The van der Waals surface area contributed by atoms with Crippen molar-refractivity contribution in [2.75, 3.05) is 0 Å². The Bertz CT molecular complexity index is 345. The van der Waals surface area contributed by atoms with E-state index in [1.165, 1.54) is 11.1 Å². The van der Waals surface area contributed by atoms with Crippen LogP contribution in [0.2, 0.25) is 0 Å². The van der Waals surface area contributed by atoms with Crippen LogP contribution < -0.4 is 0 Å². The number of aldehydes is 1. The molecular weight excluding hydrogens is 208 g/mol. The standard InChI is InChI=1S/C16H26O/c1-11(2)14-7-15(12(3)4)9-16(8-14,10-17)13(5)6/h7-8,10-13H,9H2,1-6H3. The zero-order valence-corrected chi connectivity index (χ0v) is 12.1. The van der Waals surface area contributed by atoms with Gasteiger partial charge in [-0.3, -0.25) is 0 Å². The first-order valence-corrected chi connectivity index (χ1v) is 6.72. The van der Waals surface area contributed by atoms with Crippen LogP contribution in [0.5, 0.6) is 0 Å². The first-order valence-electron chi connectivity index (χ1n) is 6.72. The molecule has 0 saturated heterocycles. The summed E-state index contributed by atoms with van der Waals surface area (Å²) in [5.41, 5.74) is 2.45. The molecule has 1 aliphatic carbocycles. The van der Waals surface area contributed by atoms with Gasteiger partial charge in [0.15, 0.2) is 0 Å². The van der Waals surface area contributed by atoms with Gasteiger partial charge in [0.1, 0.15) is 6.29 Å². The van der Waals surface area contributed by atoms with E-state index < -0.39 is 0 Å². The highest BCUT2D eigenvalue weighted by atomic mass is 16.1. The monoisotopic (exact) mass is 234 g/mol. The zero-order valence-electron chi connectivity index (χ0n) is 12.1. The van der Waals surface area contributed by atoms with E-state index in [1.54, 1.807) is 0 Å². The predicted molar refractivity (Wildman–Crippen MR) is 73.8 cm³/mol. The fourth-order valence-corrected chi connectivity index (χ4v) is 2.31. The number of hydrogen-bond acceptors (Lipinski definition) is 1. The quantitative estimate of drug-likeness (QED) is 0.659. The Morgan fingerprint density at radius 1 is 1.12 bits per heavy atom. The lowest BCUT2D eigenvalue weighted by atomic mass is 9.67. The number of hydrogen-bond donors (Lipinski definition) is 0. The molecule has 1 rings (SSSR count). The van der Waals surface area contributed by atoms with Gasteiger partial charge in [-0.2, -0.15) is 0 Å². The van der Waals surface area contributed by atoms with Gasteiger partial charge < -0.3 is 4.79 Å². The number of carbonyl (C=O) groups is 1. The number of carbonyl (C=O) groups excluding carboxylic acids is 1. The van der Waals surface area contributed by atoms with Crippen molar-refractivity contribution in [3.63, 3.8) is 0 Å². The molecule has 0 aromatic heterocycles. The Morgan fingerprint density at radius 2 is 1.71 bits per heavy atom. The third-order valence-corrected chi connectivity index (χ3v) is 4.00. The average molecular weight is 234 g/mol. The summed E-state index contributed by atoms with van der Waals surface area (Å²) in [6.45, 7) is 13.1. The van der Waals surface area contributed by atoms with Crippen molar-refractivity contribution in [3.05, 3.63) is 23.3 Å². The van der Waals surface area contributed by atoms with E-state index in [0.29, 0.717) is 17.8 Å². The van der Waals surface area contributed by atoms with Crippen molar-refractivity contribution in [2.24, 2.45) is 23.2 Å². The molecule has 0 aromatic rings. The van der Waals surface area contributed by atoms with Crippen LogP contribution in [0.4, 0.5) is 0 Å². The molecule has 0 radical (unpaired) electrons. The van der Waals surface area contributed by atoms with Gasteiger partial charge in [0.05, 0.1) is 5.41 Å². The number of rotatable bonds is 4. The smallest absolute Gasteiger partial charge is 0.130 e.